The molecule has 36 heavy (non-hydrogen) atoms. The predicted molar refractivity (Wildman–Crippen MR) is 140 cm³/mol. The third kappa shape index (κ3) is 4.31. The number of nitrogens with one attached hydrogen (secondary N) is 3. The minimum atomic E-state index is -0.0491. The Morgan fingerprint density at radius 2 is 1.86 bits per heavy atom. The van der Waals surface area contributed by atoms with Crippen LogP contribution in [0.3, 0.4) is 0 Å². The van der Waals surface area contributed by atoms with Gasteiger partial charge in [-0.15, -0.1) is 0 Å². The van der Waals surface area contributed by atoms with Gasteiger partial charge in [0.1, 0.15) is 0 Å². The second-order valence-electron chi connectivity index (χ2n) is 9.31. The van der Waals surface area contributed by atoms with Gasteiger partial charge in [-0.05, 0) is 85.6 Å². The summed E-state index contributed by atoms with van der Waals surface area (Å²) in [4.78, 5) is 31.4. The van der Waals surface area contributed by atoms with Crippen LogP contribution < -0.4 is 16.0 Å². The van der Waals surface area contributed by atoms with Gasteiger partial charge in [-0.25, -0.2) is 4.98 Å². The number of benzene rings is 2. The molecule has 1 fully saturated rings. The monoisotopic (exact) mass is 480 g/mol. The number of hydrogen-bond donors (Lipinski definition) is 3. The highest BCUT2D eigenvalue weighted by atomic mass is 16.2. The summed E-state index contributed by atoms with van der Waals surface area (Å²) in [5.41, 5.74) is 6.96. The van der Waals surface area contributed by atoms with Crippen LogP contribution in [0.5, 0.6) is 0 Å². The van der Waals surface area contributed by atoms with Crippen LogP contribution in [-0.2, 0) is 6.54 Å². The second kappa shape index (κ2) is 9.47. The Bertz CT molecular complexity index is 1440. The summed E-state index contributed by atoms with van der Waals surface area (Å²) in [5, 5.41) is 9.32. The lowest BCUT2D eigenvalue weighted by atomic mass is 10.0. The topological polar surface area (TPSA) is 90.8 Å². The van der Waals surface area contributed by atoms with Crippen molar-refractivity contribution in [1.82, 2.24) is 24.9 Å². The normalized spacial score (nSPS) is 15.2. The number of anilines is 2. The zero-order chi connectivity index (χ0) is 24.5. The summed E-state index contributed by atoms with van der Waals surface area (Å²) in [7, 11) is 0. The van der Waals surface area contributed by atoms with Gasteiger partial charge < -0.3 is 20.9 Å². The van der Waals surface area contributed by atoms with Gasteiger partial charge in [0.15, 0.2) is 5.65 Å². The van der Waals surface area contributed by atoms with E-state index >= 15 is 0 Å². The van der Waals surface area contributed by atoms with E-state index in [4.69, 9.17) is 0 Å². The van der Waals surface area contributed by atoms with Crippen molar-refractivity contribution in [2.24, 2.45) is 0 Å². The van der Waals surface area contributed by atoms with Gasteiger partial charge in [-0.3, -0.25) is 14.0 Å². The van der Waals surface area contributed by atoms with Gasteiger partial charge in [-0.2, -0.15) is 0 Å². The highest BCUT2D eigenvalue weighted by Gasteiger charge is 2.20. The molecule has 3 N–H and O–H groups in total. The number of carbonyl (C=O) groups is 2. The number of imidazole rings is 1. The fraction of sp³-hybridized carbons (Fsp3) is 0.250. The van der Waals surface area contributed by atoms with Crippen molar-refractivity contribution in [3.05, 3.63) is 83.7 Å². The minimum absolute atomic E-state index is 0.0190. The van der Waals surface area contributed by atoms with Crippen molar-refractivity contribution in [3.8, 4) is 11.3 Å². The highest BCUT2D eigenvalue weighted by Crippen LogP contribution is 2.29. The first-order valence-electron chi connectivity index (χ1n) is 12.4. The predicted octanol–water partition coefficient (Wildman–Crippen LogP) is 3.81. The van der Waals surface area contributed by atoms with Crippen molar-refractivity contribution in [3.63, 3.8) is 0 Å². The van der Waals surface area contributed by atoms with Crippen LogP contribution in [0.15, 0.2) is 67.0 Å². The molecule has 2 aromatic heterocycles. The van der Waals surface area contributed by atoms with Crippen LogP contribution in [0.2, 0.25) is 0 Å². The number of nitrogens with zero attached hydrogens (tertiary/aromatic N) is 3. The van der Waals surface area contributed by atoms with Crippen LogP contribution in [-0.4, -0.2) is 52.3 Å². The van der Waals surface area contributed by atoms with Crippen LogP contribution in [0.25, 0.3) is 16.9 Å². The first kappa shape index (κ1) is 22.3. The van der Waals surface area contributed by atoms with E-state index in [1.54, 1.807) is 6.20 Å². The average molecular weight is 481 g/mol. The minimum Gasteiger partial charge on any atom is -0.352 e. The average Bonchev–Trinajstić information content (AvgIpc) is 3.67. The molecule has 4 aromatic rings. The summed E-state index contributed by atoms with van der Waals surface area (Å²) < 4.78 is 2.04. The molecule has 0 atom stereocenters. The second-order valence-corrected chi connectivity index (χ2v) is 9.31. The smallest absolute Gasteiger partial charge is 0.251 e. The molecule has 8 nitrogen and oxygen atoms in total. The third-order valence-corrected chi connectivity index (χ3v) is 6.97. The van der Waals surface area contributed by atoms with Crippen LogP contribution in [0.1, 0.15) is 39.1 Å². The van der Waals surface area contributed by atoms with Crippen molar-refractivity contribution in [1.29, 1.82) is 0 Å². The molecule has 0 aliphatic carbocycles. The molecule has 2 aliphatic rings. The molecule has 2 aliphatic heterocycles. The molecule has 8 heteroatoms. The van der Waals surface area contributed by atoms with Crippen LogP contribution in [0, 0.1) is 0 Å². The van der Waals surface area contributed by atoms with Gasteiger partial charge in [0.25, 0.3) is 11.8 Å². The largest absolute Gasteiger partial charge is 0.352 e. The lowest BCUT2D eigenvalue weighted by Crippen LogP contribution is -2.33. The molecule has 2 aromatic carbocycles. The lowest BCUT2D eigenvalue weighted by molar-refractivity contribution is 0.0946. The van der Waals surface area contributed by atoms with Gasteiger partial charge in [-0.1, -0.05) is 6.07 Å². The van der Waals surface area contributed by atoms with E-state index in [1.807, 2.05) is 59.1 Å². The standard InChI is InChI=1S/C28H28N6O2/c35-27(30-11-15-33-13-1-2-14-33)19-3-6-22(7-4-19)32-24-9-10-25(34-16-12-29-26(24)34)20-5-8-23-21(17-20)18-31-28(23)36/h3-10,12,16-17,32H,1-2,11,13-15,18H2,(H,30,35)(H,31,36). The zero-order valence-corrected chi connectivity index (χ0v) is 20.0. The fourth-order valence-corrected chi connectivity index (χ4v) is 5.03. The number of aromatic nitrogens is 2. The van der Waals surface area contributed by atoms with Crippen LogP contribution >= 0.6 is 0 Å². The van der Waals surface area contributed by atoms with Gasteiger partial charge >= 0.3 is 0 Å². The van der Waals surface area contributed by atoms with E-state index in [1.165, 1.54) is 12.8 Å². The van der Waals surface area contributed by atoms with E-state index in [-0.39, 0.29) is 11.8 Å². The molecule has 4 heterocycles. The van der Waals surface area contributed by atoms with E-state index in [2.05, 4.69) is 31.9 Å². The molecular formula is C28H28N6O2. The summed E-state index contributed by atoms with van der Waals surface area (Å²) in [6.07, 6.45) is 6.22. The van der Waals surface area contributed by atoms with Gasteiger partial charge in [0.05, 0.1) is 11.4 Å². The number of rotatable bonds is 7. The molecule has 6 rings (SSSR count). The maximum absolute atomic E-state index is 12.5. The molecule has 0 unspecified atom stereocenters. The molecule has 0 bridgehead atoms. The van der Waals surface area contributed by atoms with E-state index in [0.717, 1.165) is 59.0 Å². The Hall–Kier alpha value is -4.17. The van der Waals surface area contributed by atoms with E-state index in [0.29, 0.717) is 18.7 Å². The van der Waals surface area contributed by atoms with E-state index < -0.39 is 0 Å². The van der Waals surface area contributed by atoms with Crippen LogP contribution in [0.4, 0.5) is 11.4 Å². The van der Waals surface area contributed by atoms with Gasteiger partial charge in [0.2, 0.25) is 0 Å². The third-order valence-electron chi connectivity index (χ3n) is 6.97. The lowest BCUT2D eigenvalue weighted by Gasteiger charge is -2.15. The number of hydrogen-bond acceptors (Lipinski definition) is 5. The molecule has 0 saturated carbocycles. The SMILES string of the molecule is O=C(NCCN1CCCC1)c1ccc(Nc2ccc(-c3ccc4c(c3)CNC4=O)n3ccnc23)cc1. The number of carbonyl (C=O) groups excluding carboxylic acids is 2. The summed E-state index contributed by atoms with van der Waals surface area (Å²) in [6, 6.07) is 17.5. The molecular weight excluding hydrogens is 452 g/mol. The summed E-state index contributed by atoms with van der Waals surface area (Å²) >= 11 is 0. The zero-order valence-electron chi connectivity index (χ0n) is 20.0. The molecule has 1 saturated heterocycles. The molecule has 182 valence electrons. The first-order chi connectivity index (χ1) is 17.7. The van der Waals surface area contributed by atoms with Crippen molar-refractivity contribution < 1.29 is 9.59 Å². The quantitative estimate of drug-likeness (QED) is 0.374. The number of amides is 2. The Kier molecular flexibility index (Phi) is 5.87. The highest BCUT2D eigenvalue weighted by molar-refractivity contribution is 5.99. The Morgan fingerprint density at radius 1 is 1.03 bits per heavy atom. The molecule has 0 spiro atoms. The Balaban J connectivity index is 1.16. The number of pyridine rings is 1. The van der Waals surface area contributed by atoms with Crippen molar-refractivity contribution in [2.45, 2.75) is 19.4 Å². The molecule has 2 amide bonds. The van der Waals surface area contributed by atoms with E-state index in [9.17, 15) is 9.59 Å². The fourth-order valence-electron chi connectivity index (χ4n) is 5.03. The Morgan fingerprint density at radius 3 is 2.69 bits per heavy atom. The summed E-state index contributed by atoms with van der Waals surface area (Å²) in [6.45, 7) is 4.39. The molecule has 0 radical (unpaired) electrons. The maximum Gasteiger partial charge on any atom is 0.251 e. The first-order valence-corrected chi connectivity index (χ1v) is 12.4. The van der Waals surface area contributed by atoms with Gasteiger partial charge in [0, 0.05) is 48.8 Å². The number of likely N-dealkylation sites (tertiary alicyclic amines) is 1. The maximum atomic E-state index is 12.5. The van der Waals surface area contributed by atoms with Crippen molar-refractivity contribution in [2.75, 3.05) is 31.5 Å². The van der Waals surface area contributed by atoms with Crippen molar-refractivity contribution >= 4 is 28.8 Å². The number of fused-ring (bicyclic) bond motifs is 2. The summed E-state index contributed by atoms with van der Waals surface area (Å²) in [5.74, 6) is -0.0681. The Labute approximate surface area is 209 Å².